The highest BCUT2D eigenvalue weighted by Gasteiger charge is 2.13. The standard InChI is InChI=1S/C17H17N3O2S/c1-11-4-6-12(7-5-11)10-23-13-8-9-18-15-14(13)16(21)20(3)17(22)19(15)2/h4-9H,10H2,1-3H3. The minimum Gasteiger partial charge on any atom is -0.280 e. The highest BCUT2D eigenvalue weighted by atomic mass is 32.2. The quantitative estimate of drug-likeness (QED) is 0.692. The molecular weight excluding hydrogens is 310 g/mol. The maximum absolute atomic E-state index is 12.5. The zero-order valence-electron chi connectivity index (χ0n) is 13.2. The van der Waals surface area contributed by atoms with Crippen LogP contribution in [0.25, 0.3) is 11.0 Å². The van der Waals surface area contributed by atoms with Crippen LogP contribution in [0.15, 0.2) is 51.0 Å². The number of nitrogens with zero attached hydrogens (tertiary/aromatic N) is 3. The zero-order valence-corrected chi connectivity index (χ0v) is 14.1. The van der Waals surface area contributed by atoms with Gasteiger partial charge >= 0.3 is 5.69 Å². The lowest BCUT2D eigenvalue weighted by Crippen LogP contribution is -2.37. The maximum atomic E-state index is 12.5. The van der Waals surface area contributed by atoms with Crippen molar-refractivity contribution in [3.8, 4) is 0 Å². The average Bonchev–Trinajstić information content (AvgIpc) is 2.57. The second-order valence-electron chi connectivity index (χ2n) is 5.49. The topological polar surface area (TPSA) is 56.9 Å². The van der Waals surface area contributed by atoms with Crippen molar-refractivity contribution < 1.29 is 0 Å². The number of fused-ring (bicyclic) bond motifs is 1. The molecule has 0 aliphatic carbocycles. The van der Waals surface area contributed by atoms with Crippen LogP contribution in [-0.2, 0) is 19.8 Å². The summed E-state index contributed by atoms with van der Waals surface area (Å²) in [6.07, 6.45) is 1.64. The molecule has 1 aromatic carbocycles. The number of hydrogen-bond donors (Lipinski definition) is 0. The van der Waals surface area contributed by atoms with Crippen molar-refractivity contribution in [1.82, 2.24) is 14.1 Å². The van der Waals surface area contributed by atoms with Gasteiger partial charge in [0, 0.05) is 30.9 Å². The Morgan fingerprint density at radius 3 is 2.43 bits per heavy atom. The molecule has 0 spiro atoms. The normalized spacial score (nSPS) is 11.1. The minimum absolute atomic E-state index is 0.303. The lowest BCUT2D eigenvalue weighted by atomic mass is 10.2. The SMILES string of the molecule is Cc1ccc(CSc2ccnc3c2c(=O)n(C)c(=O)n3C)cc1. The van der Waals surface area contributed by atoms with Crippen LogP contribution in [0.3, 0.4) is 0 Å². The van der Waals surface area contributed by atoms with E-state index in [1.165, 1.54) is 22.7 Å². The number of rotatable bonds is 3. The number of hydrogen-bond acceptors (Lipinski definition) is 4. The van der Waals surface area contributed by atoms with E-state index in [2.05, 4.69) is 36.2 Å². The molecule has 0 fully saturated rings. The van der Waals surface area contributed by atoms with Crippen LogP contribution < -0.4 is 11.2 Å². The molecule has 0 saturated heterocycles. The van der Waals surface area contributed by atoms with Gasteiger partial charge in [-0.25, -0.2) is 9.78 Å². The Kier molecular flexibility index (Phi) is 4.09. The van der Waals surface area contributed by atoms with E-state index in [4.69, 9.17) is 0 Å². The van der Waals surface area contributed by atoms with E-state index in [0.29, 0.717) is 11.0 Å². The molecule has 3 aromatic rings. The van der Waals surface area contributed by atoms with Crippen LogP contribution in [0.5, 0.6) is 0 Å². The Balaban J connectivity index is 2.06. The van der Waals surface area contributed by atoms with Gasteiger partial charge in [0.05, 0.1) is 5.39 Å². The number of aromatic nitrogens is 3. The average molecular weight is 327 g/mol. The van der Waals surface area contributed by atoms with Gasteiger partial charge in [0.15, 0.2) is 0 Å². The van der Waals surface area contributed by atoms with Gasteiger partial charge in [0.25, 0.3) is 5.56 Å². The first-order chi connectivity index (χ1) is 11.0. The van der Waals surface area contributed by atoms with Gasteiger partial charge in [0.2, 0.25) is 0 Å². The Morgan fingerprint density at radius 1 is 1.04 bits per heavy atom. The van der Waals surface area contributed by atoms with Gasteiger partial charge in [-0.3, -0.25) is 13.9 Å². The number of pyridine rings is 1. The molecule has 118 valence electrons. The molecule has 0 aliphatic heterocycles. The third-order valence-corrected chi connectivity index (χ3v) is 4.95. The van der Waals surface area contributed by atoms with Crippen LogP contribution in [0, 0.1) is 6.92 Å². The van der Waals surface area contributed by atoms with Gasteiger partial charge in [0.1, 0.15) is 5.65 Å². The summed E-state index contributed by atoms with van der Waals surface area (Å²) in [6.45, 7) is 2.05. The molecule has 0 bridgehead atoms. The maximum Gasteiger partial charge on any atom is 0.332 e. The van der Waals surface area contributed by atoms with Crippen LogP contribution in [-0.4, -0.2) is 14.1 Å². The molecule has 0 aliphatic rings. The fourth-order valence-electron chi connectivity index (χ4n) is 2.42. The summed E-state index contributed by atoms with van der Waals surface area (Å²) in [5.74, 6) is 0.755. The van der Waals surface area contributed by atoms with Crippen molar-refractivity contribution in [1.29, 1.82) is 0 Å². The van der Waals surface area contributed by atoms with E-state index in [-0.39, 0.29) is 11.2 Å². The van der Waals surface area contributed by atoms with Crippen LogP contribution in [0.1, 0.15) is 11.1 Å². The Hall–Kier alpha value is -2.34. The predicted molar refractivity (Wildman–Crippen MR) is 93.0 cm³/mol. The molecule has 0 amide bonds. The van der Waals surface area contributed by atoms with Gasteiger partial charge in [-0.15, -0.1) is 11.8 Å². The third-order valence-electron chi connectivity index (χ3n) is 3.82. The fraction of sp³-hybridized carbons (Fsp3) is 0.235. The molecule has 0 radical (unpaired) electrons. The van der Waals surface area contributed by atoms with Crippen LogP contribution >= 0.6 is 11.8 Å². The summed E-state index contributed by atoms with van der Waals surface area (Å²) in [5, 5.41) is 0.495. The third kappa shape index (κ3) is 2.82. The Bertz CT molecular complexity index is 988. The molecular formula is C17H17N3O2S. The van der Waals surface area contributed by atoms with E-state index >= 15 is 0 Å². The summed E-state index contributed by atoms with van der Waals surface area (Å²) in [7, 11) is 3.12. The highest BCUT2D eigenvalue weighted by Crippen LogP contribution is 2.26. The van der Waals surface area contributed by atoms with Gasteiger partial charge < -0.3 is 0 Å². The van der Waals surface area contributed by atoms with Gasteiger partial charge in [-0.2, -0.15) is 0 Å². The molecule has 0 unspecified atom stereocenters. The summed E-state index contributed by atoms with van der Waals surface area (Å²) < 4.78 is 2.53. The first-order valence-electron chi connectivity index (χ1n) is 7.22. The first kappa shape index (κ1) is 15.6. The largest absolute Gasteiger partial charge is 0.332 e. The fourth-order valence-corrected chi connectivity index (χ4v) is 3.42. The molecule has 5 nitrogen and oxygen atoms in total. The second kappa shape index (κ2) is 6.04. The van der Waals surface area contributed by atoms with E-state index in [1.54, 1.807) is 25.0 Å². The molecule has 2 aromatic heterocycles. The van der Waals surface area contributed by atoms with Crippen molar-refractivity contribution in [3.05, 3.63) is 68.5 Å². The van der Waals surface area contributed by atoms with Gasteiger partial charge in [-0.05, 0) is 18.6 Å². The lowest BCUT2D eigenvalue weighted by molar-refractivity contribution is 0.706. The number of thioether (sulfide) groups is 1. The van der Waals surface area contributed by atoms with E-state index in [1.807, 2.05) is 6.07 Å². The van der Waals surface area contributed by atoms with Gasteiger partial charge in [-0.1, -0.05) is 29.8 Å². The van der Waals surface area contributed by atoms with Crippen LogP contribution in [0.2, 0.25) is 0 Å². The van der Waals surface area contributed by atoms with Crippen LogP contribution in [0.4, 0.5) is 0 Å². The first-order valence-corrected chi connectivity index (χ1v) is 8.20. The smallest absolute Gasteiger partial charge is 0.280 e. The van der Waals surface area contributed by atoms with Crippen molar-refractivity contribution in [2.45, 2.75) is 17.6 Å². The van der Waals surface area contributed by atoms with E-state index in [0.717, 1.165) is 15.2 Å². The van der Waals surface area contributed by atoms with Crippen molar-refractivity contribution in [2.75, 3.05) is 0 Å². The van der Waals surface area contributed by atoms with E-state index in [9.17, 15) is 9.59 Å². The van der Waals surface area contributed by atoms with Crippen molar-refractivity contribution in [2.24, 2.45) is 14.1 Å². The highest BCUT2D eigenvalue weighted by molar-refractivity contribution is 7.98. The lowest BCUT2D eigenvalue weighted by Gasteiger charge is -2.10. The second-order valence-corrected chi connectivity index (χ2v) is 6.50. The molecule has 2 heterocycles. The summed E-state index contributed by atoms with van der Waals surface area (Å²) in [6, 6.07) is 10.1. The Morgan fingerprint density at radius 2 is 1.74 bits per heavy atom. The summed E-state index contributed by atoms with van der Waals surface area (Å²) >= 11 is 1.58. The zero-order chi connectivity index (χ0) is 16.6. The van der Waals surface area contributed by atoms with E-state index < -0.39 is 0 Å². The van der Waals surface area contributed by atoms with Crippen molar-refractivity contribution in [3.63, 3.8) is 0 Å². The molecule has 23 heavy (non-hydrogen) atoms. The molecule has 0 N–H and O–H groups in total. The number of benzene rings is 1. The Labute approximate surface area is 137 Å². The molecule has 0 atom stereocenters. The summed E-state index contributed by atoms with van der Waals surface area (Å²) in [4.78, 5) is 29.5. The van der Waals surface area contributed by atoms with Crippen molar-refractivity contribution >= 4 is 22.8 Å². The predicted octanol–water partition coefficient (Wildman–Crippen LogP) is 2.23. The monoisotopic (exact) mass is 327 g/mol. The molecule has 3 rings (SSSR count). The minimum atomic E-state index is -0.365. The summed E-state index contributed by atoms with van der Waals surface area (Å²) in [5.41, 5.74) is 2.16. The molecule has 0 saturated carbocycles. The molecule has 6 heteroatoms. The number of aryl methyl sites for hydroxylation is 2.